The molecular formula is C20H30IN5O. The van der Waals surface area contributed by atoms with Crippen molar-refractivity contribution in [1.29, 1.82) is 0 Å². The number of aromatic nitrogens is 2. The van der Waals surface area contributed by atoms with E-state index >= 15 is 0 Å². The molecule has 0 amide bonds. The highest BCUT2D eigenvalue weighted by molar-refractivity contribution is 14.0. The fraction of sp³-hybridized carbons (Fsp3) is 0.500. The monoisotopic (exact) mass is 483 g/mol. The second-order valence-corrected chi connectivity index (χ2v) is 6.73. The molecule has 7 heteroatoms. The maximum absolute atomic E-state index is 5.55. The van der Waals surface area contributed by atoms with Crippen molar-refractivity contribution in [3.8, 4) is 5.75 Å². The molecule has 0 saturated heterocycles. The molecule has 0 spiro atoms. The maximum atomic E-state index is 5.55. The van der Waals surface area contributed by atoms with E-state index in [1.54, 1.807) is 7.11 Å². The van der Waals surface area contributed by atoms with Crippen molar-refractivity contribution < 1.29 is 4.74 Å². The second kappa shape index (κ2) is 10.5. The Morgan fingerprint density at radius 3 is 2.74 bits per heavy atom. The molecule has 0 atom stereocenters. The quantitative estimate of drug-likeness (QED) is 0.249. The average molecular weight is 483 g/mol. The topological polar surface area (TPSA) is 63.5 Å². The minimum atomic E-state index is 0. The summed E-state index contributed by atoms with van der Waals surface area (Å²) in [6.07, 6.45) is 7.13. The van der Waals surface area contributed by atoms with Crippen molar-refractivity contribution in [2.75, 3.05) is 26.7 Å². The second-order valence-electron chi connectivity index (χ2n) is 6.73. The first kappa shape index (κ1) is 21.5. The van der Waals surface area contributed by atoms with Crippen LogP contribution in [0.4, 0.5) is 0 Å². The van der Waals surface area contributed by atoms with E-state index < -0.39 is 0 Å². The summed E-state index contributed by atoms with van der Waals surface area (Å²) >= 11 is 0. The normalized spacial score (nSPS) is 15.0. The predicted molar refractivity (Wildman–Crippen MR) is 120 cm³/mol. The van der Waals surface area contributed by atoms with Crippen LogP contribution in [0, 0.1) is 0 Å². The Morgan fingerprint density at radius 2 is 2.07 bits per heavy atom. The number of halogens is 1. The number of nitrogens with zero attached hydrogens (tertiary/aromatic N) is 3. The van der Waals surface area contributed by atoms with E-state index in [9.17, 15) is 0 Å². The molecule has 2 aromatic rings. The van der Waals surface area contributed by atoms with E-state index in [0.717, 1.165) is 57.2 Å². The standard InChI is InChI=1S/C20H29N5O.HI/c1-3-21-19(22-12-6-14-25-15-7-13-24-25)23-16-20(10-11-20)17-8-4-5-9-18(17)26-2;/h4-5,7-9,13,15H,3,6,10-12,14,16H2,1-2H3,(H2,21,22,23);1H. The van der Waals surface area contributed by atoms with Crippen molar-refractivity contribution in [3.63, 3.8) is 0 Å². The van der Waals surface area contributed by atoms with Crippen molar-refractivity contribution >= 4 is 29.9 Å². The molecule has 1 saturated carbocycles. The van der Waals surface area contributed by atoms with Crippen LogP contribution in [0.5, 0.6) is 5.75 Å². The predicted octanol–water partition coefficient (Wildman–Crippen LogP) is 3.19. The molecule has 0 unspecified atom stereocenters. The van der Waals surface area contributed by atoms with Gasteiger partial charge in [0.1, 0.15) is 5.75 Å². The smallest absolute Gasteiger partial charge is 0.191 e. The first-order valence-corrected chi connectivity index (χ1v) is 9.40. The van der Waals surface area contributed by atoms with Crippen LogP contribution in [0.2, 0.25) is 0 Å². The van der Waals surface area contributed by atoms with E-state index in [-0.39, 0.29) is 29.4 Å². The maximum Gasteiger partial charge on any atom is 0.191 e. The fourth-order valence-electron chi connectivity index (χ4n) is 3.20. The van der Waals surface area contributed by atoms with Gasteiger partial charge in [0.15, 0.2) is 5.96 Å². The van der Waals surface area contributed by atoms with Crippen LogP contribution in [0.25, 0.3) is 0 Å². The van der Waals surface area contributed by atoms with Crippen LogP contribution in [0.1, 0.15) is 31.7 Å². The molecule has 1 aliphatic rings. The molecule has 0 bridgehead atoms. The zero-order chi connectivity index (χ0) is 18.2. The number of nitrogens with one attached hydrogen (secondary N) is 2. The van der Waals surface area contributed by atoms with E-state index in [1.807, 2.05) is 35.3 Å². The number of hydrogen-bond donors (Lipinski definition) is 2. The highest BCUT2D eigenvalue weighted by Crippen LogP contribution is 2.51. The Hall–Kier alpha value is -1.77. The highest BCUT2D eigenvalue weighted by Gasteiger charge is 2.46. The third kappa shape index (κ3) is 5.85. The lowest BCUT2D eigenvalue weighted by molar-refractivity contribution is 0.404. The van der Waals surface area contributed by atoms with Gasteiger partial charge in [-0.25, -0.2) is 0 Å². The van der Waals surface area contributed by atoms with E-state index in [4.69, 9.17) is 9.73 Å². The van der Waals surface area contributed by atoms with Gasteiger partial charge >= 0.3 is 0 Å². The molecule has 1 aromatic carbocycles. The first-order chi connectivity index (χ1) is 12.8. The average Bonchev–Trinajstić information content (AvgIpc) is 3.28. The van der Waals surface area contributed by atoms with Crippen molar-refractivity contribution in [2.45, 2.75) is 38.1 Å². The van der Waals surface area contributed by atoms with Crippen LogP contribution < -0.4 is 15.4 Å². The van der Waals surface area contributed by atoms with Gasteiger partial charge in [-0.3, -0.25) is 9.67 Å². The van der Waals surface area contributed by atoms with Crippen LogP contribution in [-0.2, 0) is 12.0 Å². The fourth-order valence-corrected chi connectivity index (χ4v) is 3.20. The van der Waals surface area contributed by atoms with Gasteiger partial charge in [0, 0.05) is 43.0 Å². The number of aryl methyl sites for hydroxylation is 1. The van der Waals surface area contributed by atoms with Gasteiger partial charge in [0.05, 0.1) is 13.7 Å². The molecule has 6 nitrogen and oxygen atoms in total. The molecule has 27 heavy (non-hydrogen) atoms. The van der Waals surface area contributed by atoms with E-state index in [2.05, 4.69) is 34.8 Å². The Balaban J connectivity index is 0.00000261. The molecule has 148 valence electrons. The number of ether oxygens (including phenoxy) is 1. The molecule has 0 aliphatic heterocycles. The van der Waals surface area contributed by atoms with E-state index in [1.165, 1.54) is 5.56 Å². The molecule has 3 rings (SSSR count). The molecule has 1 aromatic heterocycles. The Morgan fingerprint density at radius 1 is 1.26 bits per heavy atom. The Kier molecular flexibility index (Phi) is 8.40. The van der Waals surface area contributed by atoms with Crippen molar-refractivity contribution in [3.05, 3.63) is 48.3 Å². The minimum absolute atomic E-state index is 0. The number of methoxy groups -OCH3 is 1. The van der Waals surface area contributed by atoms with Gasteiger partial charge in [-0.2, -0.15) is 5.10 Å². The van der Waals surface area contributed by atoms with Crippen LogP contribution in [0.3, 0.4) is 0 Å². The molecule has 2 N–H and O–H groups in total. The summed E-state index contributed by atoms with van der Waals surface area (Å²) in [5, 5.41) is 11.0. The lowest BCUT2D eigenvalue weighted by Crippen LogP contribution is -2.38. The summed E-state index contributed by atoms with van der Waals surface area (Å²) in [5.74, 6) is 1.85. The van der Waals surface area contributed by atoms with Crippen molar-refractivity contribution in [1.82, 2.24) is 20.4 Å². The third-order valence-electron chi connectivity index (χ3n) is 4.83. The number of para-hydroxylation sites is 1. The van der Waals surface area contributed by atoms with Gasteiger partial charge in [0.25, 0.3) is 0 Å². The largest absolute Gasteiger partial charge is 0.496 e. The summed E-state index contributed by atoms with van der Waals surface area (Å²) in [6, 6.07) is 10.3. The van der Waals surface area contributed by atoms with Gasteiger partial charge < -0.3 is 15.4 Å². The zero-order valence-corrected chi connectivity index (χ0v) is 18.5. The summed E-state index contributed by atoms with van der Waals surface area (Å²) in [7, 11) is 1.74. The summed E-state index contributed by atoms with van der Waals surface area (Å²) in [5.41, 5.74) is 1.41. The van der Waals surface area contributed by atoms with Crippen LogP contribution in [-0.4, -0.2) is 42.5 Å². The van der Waals surface area contributed by atoms with Crippen molar-refractivity contribution in [2.24, 2.45) is 4.99 Å². The SMILES string of the molecule is CCNC(=NCC1(c2ccccc2OC)CC1)NCCCn1cccn1.I. The van der Waals surface area contributed by atoms with Gasteiger partial charge in [-0.1, -0.05) is 18.2 Å². The minimum Gasteiger partial charge on any atom is -0.496 e. The number of benzene rings is 1. The van der Waals surface area contributed by atoms with Gasteiger partial charge in [-0.15, -0.1) is 24.0 Å². The number of aliphatic imine (C=N–C) groups is 1. The summed E-state index contributed by atoms with van der Waals surface area (Å²) in [4.78, 5) is 4.85. The lowest BCUT2D eigenvalue weighted by atomic mass is 9.95. The summed E-state index contributed by atoms with van der Waals surface area (Å²) in [6.45, 7) is 5.50. The molecule has 1 heterocycles. The molecule has 1 aliphatic carbocycles. The number of rotatable bonds is 9. The summed E-state index contributed by atoms with van der Waals surface area (Å²) < 4.78 is 7.50. The molecular weight excluding hydrogens is 453 g/mol. The third-order valence-corrected chi connectivity index (χ3v) is 4.83. The van der Waals surface area contributed by atoms with Crippen LogP contribution in [0.15, 0.2) is 47.7 Å². The zero-order valence-electron chi connectivity index (χ0n) is 16.1. The van der Waals surface area contributed by atoms with E-state index in [0.29, 0.717) is 0 Å². The lowest BCUT2D eigenvalue weighted by Gasteiger charge is -2.18. The van der Waals surface area contributed by atoms with Crippen LogP contribution >= 0.6 is 24.0 Å². The number of hydrogen-bond acceptors (Lipinski definition) is 3. The van der Waals surface area contributed by atoms with Gasteiger partial charge in [-0.05, 0) is 38.3 Å². The first-order valence-electron chi connectivity index (χ1n) is 9.40. The highest BCUT2D eigenvalue weighted by atomic mass is 127. The Bertz CT molecular complexity index is 713. The van der Waals surface area contributed by atoms with Gasteiger partial charge in [0.2, 0.25) is 0 Å². The Labute approximate surface area is 178 Å². The molecule has 1 fully saturated rings. The molecule has 0 radical (unpaired) electrons. The number of guanidine groups is 1.